The number of halogens is 1. The summed E-state index contributed by atoms with van der Waals surface area (Å²) in [7, 11) is 0. The van der Waals surface area contributed by atoms with Crippen LogP contribution in [-0.2, 0) is 22.6 Å². The third-order valence-corrected chi connectivity index (χ3v) is 3.81. The minimum atomic E-state index is -0.572. The highest BCUT2D eigenvalue weighted by molar-refractivity contribution is 5.68. The Morgan fingerprint density at radius 1 is 1.04 bits per heavy atom. The zero-order valence-electron chi connectivity index (χ0n) is 16.8. The molecule has 0 aliphatic carbocycles. The number of nitrogens with one attached hydrogen (secondary N) is 1. The van der Waals surface area contributed by atoms with Crippen molar-refractivity contribution in [1.29, 1.82) is 0 Å². The molecule has 0 aliphatic rings. The van der Waals surface area contributed by atoms with E-state index in [0.717, 1.165) is 11.1 Å². The molecule has 152 valence electrons. The molecule has 28 heavy (non-hydrogen) atoms. The van der Waals surface area contributed by atoms with Gasteiger partial charge in [0.2, 0.25) is 0 Å². The van der Waals surface area contributed by atoms with Crippen LogP contribution in [0.1, 0.15) is 31.9 Å². The van der Waals surface area contributed by atoms with Crippen molar-refractivity contribution >= 4 is 6.09 Å². The van der Waals surface area contributed by atoms with E-state index in [1.807, 2.05) is 51.1 Å². The minimum Gasteiger partial charge on any atom is -0.444 e. The standard InChI is InChI=1S/C22H29FN2O3/c1-22(2,3)28-21(26)25(13-14-27-16-19-7-5-4-6-8-19)17-24-15-18-9-11-20(23)12-10-18/h4-12,24H,13-17H2,1-3H3. The minimum absolute atomic E-state index is 0.269. The van der Waals surface area contributed by atoms with Crippen molar-refractivity contribution in [3.63, 3.8) is 0 Å². The smallest absolute Gasteiger partial charge is 0.411 e. The summed E-state index contributed by atoms with van der Waals surface area (Å²) in [5.74, 6) is -0.269. The first-order valence-corrected chi connectivity index (χ1v) is 9.38. The number of nitrogens with zero attached hydrogens (tertiary/aromatic N) is 1. The maximum absolute atomic E-state index is 13.0. The van der Waals surface area contributed by atoms with Gasteiger partial charge in [0.15, 0.2) is 0 Å². The predicted octanol–water partition coefficient (Wildman–Crippen LogP) is 4.33. The second-order valence-electron chi connectivity index (χ2n) is 7.49. The average molecular weight is 388 g/mol. The van der Waals surface area contributed by atoms with Gasteiger partial charge in [-0.1, -0.05) is 42.5 Å². The highest BCUT2D eigenvalue weighted by Gasteiger charge is 2.21. The zero-order chi connectivity index (χ0) is 20.4. The number of hydrogen-bond acceptors (Lipinski definition) is 4. The lowest BCUT2D eigenvalue weighted by Crippen LogP contribution is -2.43. The summed E-state index contributed by atoms with van der Waals surface area (Å²) in [5.41, 5.74) is 1.45. The van der Waals surface area contributed by atoms with Gasteiger partial charge in [0.25, 0.3) is 0 Å². The summed E-state index contributed by atoms with van der Waals surface area (Å²) in [4.78, 5) is 14.0. The lowest BCUT2D eigenvalue weighted by Gasteiger charge is -2.27. The number of rotatable bonds is 9. The Morgan fingerprint density at radius 3 is 2.36 bits per heavy atom. The van der Waals surface area contributed by atoms with Crippen LogP contribution >= 0.6 is 0 Å². The first-order chi connectivity index (χ1) is 13.3. The van der Waals surface area contributed by atoms with Gasteiger partial charge in [-0.15, -0.1) is 0 Å². The largest absolute Gasteiger partial charge is 0.444 e. The summed E-state index contributed by atoms with van der Waals surface area (Å²) in [5, 5.41) is 3.19. The molecule has 0 saturated carbocycles. The van der Waals surface area contributed by atoms with E-state index in [1.165, 1.54) is 12.1 Å². The van der Waals surface area contributed by atoms with E-state index in [4.69, 9.17) is 9.47 Å². The van der Waals surface area contributed by atoms with Gasteiger partial charge in [0.05, 0.1) is 19.9 Å². The summed E-state index contributed by atoms with van der Waals surface area (Å²) in [6.07, 6.45) is -0.401. The molecule has 2 aromatic carbocycles. The van der Waals surface area contributed by atoms with E-state index >= 15 is 0 Å². The van der Waals surface area contributed by atoms with Crippen LogP contribution < -0.4 is 5.32 Å². The van der Waals surface area contributed by atoms with Gasteiger partial charge >= 0.3 is 6.09 Å². The molecule has 0 radical (unpaired) electrons. The van der Waals surface area contributed by atoms with Crippen LogP contribution in [0.2, 0.25) is 0 Å². The Labute approximate surface area is 166 Å². The molecule has 0 spiro atoms. The number of ether oxygens (including phenoxy) is 2. The van der Waals surface area contributed by atoms with Crippen LogP contribution in [-0.4, -0.2) is 36.4 Å². The average Bonchev–Trinajstić information content (AvgIpc) is 2.64. The van der Waals surface area contributed by atoms with Crippen LogP contribution in [0, 0.1) is 5.82 Å². The molecule has 0 fully saturated rings. The molecule has 1 N–H and O–H groups in total. The maximum Gasteiger partial charge on any atom is 0.411 e. The van der Waals surface area contributed by atoms with Gasteiger partial charge in [0, 0.05) is 13.1 Å². The summed E-state index contributed by atoms with van der Waals surface area (Å²) in [6.45, 7) is 7.62. The Hall–Kier alpha value is -2.44. The van der Waals surface area contributed by atoms with E-state index in [0.29, 0.717) is 33.0 Å². The van der Waals surface area contributed by atoms with E-state index < -0.39 is 11.7 Å². The molecular weight excluding hydrogens is 359 g/mol. The molecule has 0 aliphatic heterocycles. The quantitative estimate of drug-likeness (QED) is 0.513. The van der Waals surface area contributed by atoms with Crippen molar-refractivity contribution in [2.24, 2.45) is 0 Å². The van der Waals surface area contributed by atoms with Gasteiger partial charge in [-0.25, -0.2) is 9.18 Å². The monoisotopic (exact) mass is 388 g/mol. The van der Waals surface area contributed by atoms with Crippen molar-refractivity contribution in [2.75, 3.05) is 19.8 Å². The van der Waals surface area contributed by atoms with E-state index in [9.17, 15) is 9.18 Å². The third kappa shape index (κ3) is 8.50. The van der Waals surface area contributed by atoms with Crippen molar-refractivity contribution in [3.8, 4) is 0 Å². The molecule has 1 amide bonds. The normalized spacial score (nSPS) is 11.3. The van der Waals surface area contributed by atoms with Crippen molar-refractivity contribution < 1.29 is 18.7 Å². The SMILES string of the molecule is CC(C)(C)OC(=O)N(CCOCc1ccccc1)CNCc1ccc(F)cc1. The fourth-order valence-corrected chi connectivity index (χ4v) is 2.44. The van der Waals surface area contributed by atoms with Crippen LogP contribution in [0.5, 0.6) is 0 Å². The maximum atomic E-state index is 13.0. The molecule has 2 aromatic rings. The lowest BCUT2D eigenvalue weighted by molar-refractivity contribution is 0.0146. The van der Waals surface area contributed by atoms with Crippen LogP contribution in [0.4, 0.5) is 9.18 Å². The molecule has 0 heterocycles. The Morgan fingerprint density at radius 2 is 1.71 bits per heavy atom. The fraction of sp³-hybridized carbons (Fsp3) is 0.409. The number of benzene rings is 2. The third-order valence-electron chi connectivity index (χ3n) is 3.81. The van der Waals surface area contributed by atoms with Gasteiger partial charge in [0.1, 0.15) is 11.4 Å². The topological polar surface area (TPSA) is 50.8 Å². The summed E-state index contributed by atoms with van der Waals surface area (Å²) >= 11 is 0. The molecule has 0 atom stereocenters. The van der Waals surface area contributed by atoms with E-state index in [-0.39, 0.29) is 5.82 Å². The fourth-order valence-electron chi connectivity index (χ4n) is 2.44. The molecule has 0 bridgehead atoms. The molecular formula is C22H29FN2O3. The lowest BCUT2D eigenvalue weighted by atomic mass is 10.2. The summed E-state index contributed by atoms with van der Waals surface area (Å²) < 4.78 is 24.2. The Kier molecular flexibility index (Phi) is 8.42. The highest BCUT2D eigenvalue weighted by atomic mass is 19.1. The first kappa shape index (κ1) is 21.9. The highest BCUT2D eigenvalue weighted by Crippen LogP contribution is 2.10. The van der Waals surface area contributed by atoms with Crippen molar-refractivity contribution in [3.05, 3.63) is 71.5 Å². The molecule has 0 saturated heterocycles. The first-order valence-electron chi connectivity index (χ1n) is 9.38. The van der Waals surface area contributed by atoms with E-state index in [2.05, 4.69) is 5.32 Å². The Bertz CT molecular complexity index is 715. The number of carbonyl (C=O) groups is 1. The molecule has 6 heteroatoms. The van der Waals surface area contributed by atoms with Gasteiger partial charge < -0.3 is 9.47 Å². The molecule has 0 aromatic heterocycles. The van der Waals surface area contributed by atoms with Gasteiger partial charge in [-0.3, -0.25) is 10.2 Å². The van der Waals surface area contributed by atoms with E-state index in [1.54, 1.807) is 17.0 Å². The molecule has 2 rings (SSSR count). The second-order valence-corrected chi connectivity index (χ2v) is 7.49. The van der Waals surface area contributed by atoms with Crippen molar-refractivity contribution in [1.82, 2.24) is 10.2 Å². The zero-order valence-corrected chi connectivity index (χ0v) is 16.8. The Balaban J connectivity index is 1.83. The van der Waals surface area contributed by atoms with Crippen LogP contribution in [0.25, 0.3) is 0 Å². The predicted molar refractivity (Wildman–Crippen MR) is 107 cm³/mol. The molecule has 0 unspecified atom stereocenters. The van der Waals surface area contributed by atoms with Crippen LogP contribution in [0.15, 0.2) is 54.6 Å². The van der Waals surface area contributed by atoms with Gasteiger partial charge in [-0.05, 0) is 44.0 Å². The molecule has 5 nitrogen and oxygen atoms in total. The number of hydrogen-bond donors (Lipinski definition) is 1. The van der Waals surface area contributed by atoms with Crippen molar-refractivity contribution in [2.45, 2.75) is 39.5 Å². The van der Waals surface area contributed by atoms with Crippen LogP contribution in [0.3, 0.4) is 0 Å². The number of carbonyl (C=O) groups excluding carboxylic acids is 1. The number of amides is 1. The van der Waals surface area contributed by atoms with Gasteiger partial charge in [-0.2, -0.15) is 0 Å². The second kappa shape index (κ2) is 10.8. The summed E-state index contributed by atoms with van der Waals surface area (Å²) in [6, 6.07) is 16.1.